The van der Waals surface area contributed by atoms with E-state index in [1.165, 1.54) is 0 Å². The number of rotatable bonds is 7. The molecule has 0 unspecified atom stereocenters. The van der Waals surface area contributed by atoms with Crippen LogP contribution in [-0.2, 0) is 22.6 Å². The minimum Gasteiger partial charge on any atom is -0.356 e. The Bertz CT molecular complexity index is 706. The molecule has 0 bridgehead atoms. The number of carbonyl (C=O) groups excluding carboxylic acids is 2. The Morgan fingerprint density at radius 1 is 1.12 bits per heavy atom. The van der Waals surface area contributed by atoms with E-state index in [9.17, 15) is 9.59 Å². The van der Waals surface area contributed by atoms with E-state index in [1.807, 2.05) is 36.4 Å². The third-order valence-corrected chi connectivity index (χ3v) is 4.30. The van der Waals surface area contributed by atoms with Gasteiger partial charge in [-0.1, -0.05) is 12.1 Å². The molecule has 1 aliphatic rings. The highest BCUT2D eigenvalue weighted by Gasteiger charge is 2.34. The Hall–Kier alpha value is -2.76. The Morgan fingerprint density at radius 2 is 1.84 bits per heavy atom. The molecule has 2 aromatic rings. The molecule has 0 aromatic carbocycles. The van der Waals surface area contributed by atoms with E-state index in [0.29, 0.717) is 19.6 Å². The topological polar surface area (TPSA) is 75.2 Å². The van der Waals surface area contributed by atoms with Gasteiger partial charge >= 0.3 is 0 Å². The van der Waals surface area contributed by atoms with Crippen molar-refractivity contribution in [2.75, 3.05) is 13.1 Å². The zero-order valence-corrected chi connectivity index (χ0v) is 14.1. The Labute approximate surface area is 147 Å². The fourth-order valence-corrected chi connectivity index (χ4v) is 2.96. The number of carbonyl (C=O) groups is 2. The maximum absolute atomic E-state index is 12.3. The van der Waals surface area contributed by atoms with Gasteiger partial charge in [0.1, 0.15) is 0 Å². The molecule has 1 aliphatic heterocycles. The molecule has 25 heavy (non-hydrogen) atoms. The van der Waals surface area contributed by atoms with Gasteiger partial charge < -0.3 is 10.2 Å². The van der Waals surface area contributed by atoms with E-state index in [1.54, 1.807) is 17.3 Å². The van der Waals surface area contributed by atoms with Gasteiger partial charge in [-0.15, -0.1) is 0 Å². The second kappa shape index (κ2) is 8.37. The van der Waals surface area contributed by atoms with Crippen LogP contribution in [0.3, 0.4) is 0 Å². The number of nitrogens with zero attached hydrogens (tertiary/aromatic N) is 3. The summed E-state index contributed by atoms with van der Waals surface area (Å²) in [6, 6.07) is 11.5. The number of nitrogens with one attached hydrogen (secondary N) is 1. The number of aryl methyl sites for hydroxylation is 1. The van der Waals surface area contributed by atoms with Crippen LogP contribution in [0.4, 0.5) is 0 Å². The van der Waals surface area contributed by atoms with Crippen molar-refractivity contribution >= 4 is 11.8 Å². The normalized spacial score (nSPS) is 16.9. The first kappa shape index (κ1) is 17.1. The van der Waals surface area contributed by atoms with Crippen LogP contribution in [0.2, 0.25) is 0 Å². The predicted octanol–water partition coefficient (Wildman–Crippen LogP) is 1.57. The van der Waals surface area contributed by atoms with Crippen molar-refractivity contribution in [3.05, 3.63) is 60.2 Å². The lowest BCUT2D eigenvalue weighted by Gasteiger charge is -2.16. The van der Waals surface area contributed by atoms with Gasteiger partial charge in [0.2, 0.25) is 11.8 Å². The van der Waals surface area contributed by atoms with Crippen molar-refractivity contribution in [1.82, 2.24) is 20.2 Å². The van der Waals surface area contributed by atoms with Crippen molar-refractivity contribution in [3.8, 4) is 0 Å². The lowest BCUT2D eigenvalue weighted by atomic mass is 10.1. The van der Waals surface area contributed by atoms with Gasteiger partial charge in [-0.2, -0.15) is 0 Å². The van der Waals surface area contributed by atoms with Gasteiger partial charge in [0.05, 0.1) is 18.2 Å². The molecule has 2 amide bonds. The molecule has 0 radical (unpaired) electrons. The molecule has 6 heteroatoms. The molecular weight excluding hydrogens is 316 g/mol. The lowest BCUT2D eigenvalue weighted by molar-refractivity contribution is -0.129. The Balaban J connectivity index is 1.41. The minimum absolute atomic E-state index is 0.0132. The van der Waals surface area contributed by atoms with Crippen molar-refractivity contribution in [2.24, 2.45) is 5.92 Å². The van der Waals surface area contributed by atoms with Crippen LogP contribution in [0, 0.1) is 5.92 Å². The summed E-state index contributed by atoms with van der Waals surface area (Å²) in [5.74, 6) is -0.303. The monoisotopic (exact) mass is 338 g/mol. The molecule has 1 saturated heterocycles. The summed E-state index contributed by atoms with van der Waals surface area (Å²) >= 11 is 0. The Kier molecular flexibility index (Phi) is 5.72. The van der Waals surface area contributed by atoms with Crippen molar-refractivity contribution in [2.45, 2.75) is 25.8 Å². The van der Waals surface area contributed by atoms with E-state index < -0.39 is 0 Å². The second-order valence-electron chi connectivity index (χ2n) is 6.21. The van der Waals surface area contributed by atoms with E-state index in [-0.39, 0.29) is 24.2 Å². The molecule has 2 aromatic heterocycles. The molecule has 3 rings (SSSR count). The number of likely N-dealkylation sites (tertiary alicyclic amines) is 1. The van der Waals surface area contributed by atoms with Gasteiger partial charge in [-0.3, -0.25) is 19.6 Å². The number of aromatic nitrogens is 2. The molecule has 1 N–H and O–H groups in total. The van der Waals surface area contributed by atoms with Gasteiger partial charge in [-0.05, 0) is 37.1 Å². The van der Waals surface area contributed by atoms with Crippen LogP contribution < -0.4 is 5.32 Å². The van der Waals surface area contributed by atoms with E-state index in [2.05, 4.69) is 15.3 Å². The van der Waals surface area contributed by atoms with Gasteiger partial charge in [0, 0.05) is 37.6 Å². The highest BCUT2D eigenvalue weighted by molar-refractivity contribution is 5.89. The average Bonchev–Trinajstić information content (AvgIpc) is 3.01. The number of hydrogen-bond donors (Lipinski definition) is 1. The van der Waals surface area contributed by atoms with Crippen LogP contribution in [0.1, 0.15) is 24.2 Å². The van der Waals surface area contributed by atoms with Crippen LogP contribution >= 0.6 is 0 Å². The SMILES string of the molecule is O=C(NCCCc1ccccn1)[C@H]1CC(=O)N(Cc2ccccn2)C1. The summed E-state index contributed by atoms with van der Waals surface area (Å²) in [6.07, 6.45) is 5.42. The molecule has 0 saturated carbocycles. The fraction of sp³-hybridized carbons (Fsp3) is 0.368. The largest absolute Gasteiger partial charge is 0.356 e. The maximum atomic E-state index is 12.3. The summed E-state index contributed by atoms with van der Waals surface area (Å²) in [4.78, 5) is 34.6. The molecular formula is C19H22N4O2. The van der Waals surface area contributed by atoms with E-state index in [4.69, 9.17) is 0 Å². The first-order valence-electron chi connectivity index (χ1n) is 8.57. The lowest BCUT2D eigenvalue weighted by Crippen LogP contribution is -2.33. The first-order valence-corrected chi connectivity index (χ1v) is 8.57. The van der Waals surface area contributed by atoms with Crippen LogP contribution in [-0.4, -0.2) is 39.8 Å². The average molecular weight is 338 g/mol. The van der Waals surface area contributed by atoms with Crippen molar-refractivity contribution < 1.29 is 9.59 Å². The van der Waals surface area contributed by atoms with Crippen LogP contribution in [0.5, 0.6) is 0 Å². The highest BCUT2D eigenvalue weighted by atomic mass is 16.2. The van der Waals surface area contributed by atoms with Gasteiger partial charge in [0.25, 0.3) is 0 Å². The fourth-order valence-electron chi connectivity index (χ4n) is 2.96. The highest BCUT2D eigenvalue weighted by Crippen LogP contribution is 2.19. The number of amides is 2. The van der Waals surface area contributed by atoms with E-state index >= 15 is 0 Å². The maximum Gasteiger partial charge on any atom is 0.225 e. The molecule has 0 aliphatic carbocycles. The third-order valence-electron chi connectivity index (χ3n) is 4.30. The number of pyridine rings is 2. The zero-order valence-electron chi connectivity index (χ0n) is 14.1. The zero-order chi connectivity index (χ0) is 17.5. The molecule has 6 nitrogen and oxygen atoms in total. The van der Waals surface area contributed by atoms with Crippen molar-refractivity contribution in [1.29, 1.82) is 0 Å². The summed E-state index contributed by atoms with van der Waals surface area (Å²) in [5, 5.41) is 2.94. The Morgan fingerprint density at radius 3 is 2.52 bits per heavy atom. The minimum atomic E-state index is -0.272. The summed E-state index contributed by atoms with van der Waals surface area (Å²) in [7, 11) is 0. The smallest absolute Gasteiger partial charge is 0.225 e. The second-order valence-corrected chi connectivity index (χ2v) is 6.21. The van der Waals surface area contributed by atoms with Crippen LogP contribution in [0.25, 0.3) is 0 Å². The quantitative estimate of drug-likeness (QED) is 0.778. The summed E-state index contributed by atoms with van der Waals surface area (Å²) < 4.78 is 0. The first-order chi connectivity index (χ1) is 12.2. The molecule has 0 spiro atoms. The standard InChI is InChI=1S/C19H22N4O2/c24-18-12-15(13-23(18)14-17-7-2-4-10-21-17)19(25)22-11-5-8-16-6-1-3-9-20-16/h1-4,6-7,9-10,15H,5,8,11-14H2,(H,22,25)/t15-/m0/s1. The van der Waals surface area contributed by atoms with Crippen molar-refractivity contribution in [3.63, 3.8) is 0 Å². The molecule has 130 valence electrons. The van der Waals surface area contributed by atoms with Crippen LogP contribution in [0.15, 0.2) is 48.8 Å². The van der Waals surface area contributed by atoms with Gasteiger partial charge in [0.15, 0.2) is 0 Å². The molecule has 1 atom stereocenters. The summed E-state index contributed by atoms with van der Waals surface area (Å²) in [5.41, 5.74) is 1.86. The summed E-state index contributed by atoms with van der Waals surface area (Å²) in [6.45, 7) is 1.52. The van der Waals surface area contributed by atoms with E-state index in [0.717, 1.165) is 24.2 Å². The third kappa shape index (κ3) is 4.86. The molecule has 1 fully saturated rings. The molecule has 3 heterocycles. The predicted molar refractivity (Wildman–Crippen MR) is 93.3 cm³/mol. The number of hydrogen-bond acceptors (Lipinski definition) is 4. The van der Waals surface area contributed by atoms with Gasteiger partial charge in [-0.25, -0.2) is 0 Å².